The van der Waals surface area contributed by atoms with Crippen LogP contribution in [0.5, 0.6) is 0 Å². The number of carbonyl (C=O) groups excluding carboxylic acids is 3. The molecule has 0 aliphatic carbocycles. The van der Waals surface area contributed by atoms with E-state index in [0.717, 1.165) is 4.31 Å². The van der Waals surface area contributed by atoms with Gasteiger partial charge in [0.05, 0.1) is 17.3 Å². The predicted octanol–water partition coefficient (Wildman–Crippen LogP) is 0.667. The van der Waals surface area contributed by atoms with Crippen molar-refractivity contribution >= 4 is 39.4 Å². The number of hydrogen-bond acceptors (Lipinski definition) is 7. The Kier molecular flexibility index (Phi) is 9.90. The van der Waals surface area contributed by atoms with Crippen molar-refractivity contribution in [1.82, 2.24) is 14.9 Å². The van der Waals surface area contributed by atoms with Gasteiger partial charge in [-0.25, -0.2) is 13.2 Å². The fourth-order valence-corrected chi connectivity index (χ4v) is 5.94. The molecule has 1 heterocycles. The Bertz CT molecular complexity index is 1350. The molecule has 1 fully saturated rings. The zero-order valence-corrected chi connectivity index (χ0v) is 21.9. The first-order chi connectivity index (χ1) is 18.5. The SMILES string of the molecule is N=C(N)Cc1cccc(C(=O)NCC(=O)CC[C@H](NC(=O)[C@@H]2CCCN2S(=O)(=O)c2ccccc2)C(=O)O)c1. The Hall–Kier alpha value is -4.10. The van der Waals surface area contributed by atoms with Crippen LogP contribution in [0.4, 0.5) is 0 Å². The van der Waals surface area contributed by atoms with Gasteiger partial charge in [-0.3, -0.25) is 19.8 Å². The fourth-order valence-electron chi connectivity index (χ4n) is 4.26. The molecule has 1 aliphatic rings. The molecule has 0 unspecified atom stereocenters. The van der Waals surface area contributed by atoms with Crippen LogP contribution in [0.3, 0.4) is 0 Å². The molecule has 1 aliphatic heterocycles. The van der Waals surface area contributed by atoms with Gasteiger partial charge < -0.3 is 21.5 Å². The number of carboxylic acid groups (broad SMARTS) is 1. The van der Waals surface area contributed by atoms with Gasteiger partial charge in [0.15, 0.2) is 5.78 Å². The maximum Gasteiger partial charge on any atom is 0.326 e. The molecule has 6 N–H and O–H groups in total. The Morgan fingerprint density at radius 1 is 1.10 bits per heavy atom. The van der Waals surface area contributed by atoms with Gasteiger partial charge in [-0.05, 0) is 49.1 Å². The summed E-state index contributed by atoms with van der Waals surface area (Å²) in [5.41, 5.74) is 6.33. The van der Waals surface area contributed by atoms with Crippen molar-refractivity contribution in [3.63, 3.8) is 0 Å². The number of amidine groups is 1. The molecule has 0 aromatic heterocycles. The van der Waals surface area contributed by atoms with Gasteiger partial charge in [0, 0.05) is 24.9 Å². The van der Waals surface area contributed by atoms with Crippen molar-refractivity contribution in [2.45, 2.75) is 49.1 Å². The highest BCUT2D eigenvalue weighted by Crippen LogP contribution is 2.26. The molecule has 0 spiro atoms. The first-order valence-corrected chi connectivity index (χ1v) is 13.7. The van der Waals surface area contributed by atoms with Crippen molar-refractivity contribution in [2.24, 2.45) is 5.73 Å². The van der Waals surface area contributed by atoms with Crippen LogP contribution in [0.25, 0.3) is 0 Å². The summed E-state index contributed by atoms with van der Waals surface area (Å²) in [6.07, 6.45) is 0.389. The highest BCUT2D eigenvalue weighted by atomic mass is 32.2. The highest BCUT2D eigenvalue weighted by Gasteiger charge is 2.40. The van der Waals surface area contributed by atoms with E-state index in [4.69, 9.17) is 11.1 Å². The van der Waals surface area contributed by atoms with Gasteiger partial charge in [0.1, 0.15) is 12.1 Å². The second-order valence-corrected chi connectivity index (χ2v) is 11.0. The number of amides is 2. The molecule has 0 saturated carbocycles. The minimum Gasteiger partial charge on any atom is -0.480 e. The molecule has 1 saturated heterocycles. The summed E-state index contributed by atoms with van der Waals surface area (Å²) < 4.78 is 27.1. The zero-order chi connectivity index (χ0) is 28.6. The van der Waals surface area contributed by atoms with Crippen molar-refractivity contribution in [1.29, 1.82) is 5.41 Å². The number of carboxylic acids is 1. The number of sulfonamides is 1. The standard InChI is InChI=1S/C26H31N5O7S/c27-23(28)15-17-6-4-7-18(14-17)24(33)29-16-19(32)11-12-21(26(35)36)30-25(34)22-10-5-13-31(22)39(37,38)20-8-2-1-3-9-20/h1-4,6-9,14,21-22H,5,10-13,15-16H2,(H3,27,28)(H,29,33)(H,30,34)(H,35,36)/t21-,22-/m0/s1. The Morgan fingerprint density at radius 2 is 1.82 bits per heavy atom. The van der Waals surface area contributed by atoms with Crippen LogP contribution >= 0.6 is 0 Å². The molecule has 0 bridgehead atoms. The third-order valence-corrected chi connectivity index (χ3v) is 8.13. The molecular weight excluding hydrogens is 526 g/mol. The Morgan fingerprint density at radius 3 is 2.49 bits per heavy atom. The summed E-state index contributed by atoms with van der Waals surface area (Å²) in [5, 5.41) is 21.8. The molecule has 13 heteroatoms. The maximum absolute atomic E-state index is 13.0. The average Bonchev–Trinajstić information content (AvgIpc) is 3.41. The molecule has 12 nitrogen and oxygen atoms in total. The quantitative estimate of drug-likeness (QED) is 0.175. The molecule has 2 aromatic rings. The monoisotopic (exact) mass is 557 g/mol. The number of nitrogens with one attached hydrogen (secondary N) is 3. The lowest BCUT2D eigenvalue weighted by atomic mass is 10.1. The van der Waals surface area contributed by atoms with E-state index in [0.29, 0.717) is 12.0 Å². The molecule has 3 rings (SSSR count). The van der Waals surface area contributed by atoms with Crippen LogP contribution in [-0.2, 0) is 30.8 Å². The van der Waals surface area contributed by atoms with E-state index in [-0.39, 0.29) is 55.1 Å². The van der Waals surface area contributed by atoms with Gasteiger partial charge in [-0.2, -0.15) is 4.31 Å². The Balaban J connectivity index is 1.54. The first kappa shape index (κ1) is 29.5. The lowest BCUT2D eigenvalue weighted by Gasteiger charge is -2.25. The second-order valence-electron chi connectivity index (χ2n) is 9.15. The number of carbonyl (C=O) groups is 4. The fraction of sp³-hybridized carbons (Fsp3) is 0.346. The van der Waals surface area contributed by atoms with Gasteiger partial charge in [-0.1, -0.05) is 30.3 Å². The van der Waals surface area contributed by atoms with Crippen LogP contribution in [0, 0.1) is 5.41 Å². The minimum atomic E-state index is -3.95. The van der Waals surface area contributed by atoms with E-state index in [1.807, 2.05) is 0 Å². The smallest absolute Gasteiger partial charge is 0.326 e. The van der Waals surface area contributed by atoms with Gasteiger partial charge in [0.25, 0.3) is 5.91 Å². The van der Waals surface area contributed by atoms with Gasteiger partial charge in [0.2, 0.25) is 15.9 Å². The number of rotatable bonds is 13. The number of nitrogens with two attached hydrogens (primary N) is 1. The summed E-state index contributed by atoms with van der Waals surface area (Å²) in [6.45, 7) is -0.218. The van der Waals surface area contributed by atoms with Crippen molar-refractivity contribution < 1.29 is 32.7 Å². The van der Waals surface area contributed by atoms with Crippen LogP contribution in [0.2, 0.25) is 0 Å². The number of nitrogens with zero attached hydrogens (tertiary/aromatic N) is 1. The third-order valence-electron chi connectivity index (χ3n) is 6.21. The van der Waals surface area contributed by atoms with E-state index in [1.54, 1.807) is 42.5 Å². The lowest BCUT2D eigenvalue weighted by molar-refractivity contribution is -0.142. The van der Waals surface area contributed by atoms with E-state index in [1.165, 1.54) is 12.1 Å². The normalized spacial score (nSPS) is 16.3. The first-order valence-electron chi connectivity index (χ1n) is 12.3. The average molecular weight is 558 g/mol. The second kappa shape index (κ2) is 13.1. The molecule has 0 radical (unpaired) electrons. The summed E-state index contributed by atoms with van der Waals surface area (Å²) in [5.74, 6) is -3.12. The summed E-state index contributed by atoms with van der Waals surface area (Å²) in [7, 11) is -3.95. The van der Waals surface area contributed by atoms with E-state index in [9.17, 15) is 32.7 Å². The molecule has 39 heavy (non-hydrogen) atoms. The number of ketones is 1. The Labute approximate surface area is 226 Å². The predicted molar refractivity (Wildman–Crippen MR) is 142 cm³/mol. The molecule has 208 valence electrons. The van der Waals surface area contributed by atoms with Crippen LogP contribution in [0.1, 0.15) is 41.6 Å². The summed E-state index contributed by atoms with van der Waals surface area (Å²) in [4.78, 5) is 49.5. The van der Waals surface area contributed by atoms with Crippen molar-refractivity contribution in [3.05, 3.63) is 65.7 Å². The van der Waals surface area contributed by atoms with E-state index < -0.39 is 45.7 Å². The van der Waals surface area contributed by atoms with Crippen molar-refractivity contribution in [2.75, 3.05) is 13.1 Å². The third kappa shape index (κ3) is 7.94. The largest absolute Gasteiger partial charge is 0.480 e. The molecule has 2 amide bonds. The minimum absolute atomic E-state index is 0.0395. The topological polar surface area (TPSA) is 200 Å². The van der Waals surface area contributed by atoms with Gasteiger partial charge >= 0.3 is 5.97 Å². The van der Waals surface area contributed by atoms with Crippen LogP contribution < -0.4 is 16.4 Å². The van der Waals surface area contributed by atoms with E-state index in [2.05, 4.69) is 10.6 Å². The number of aliphatic carboxylic acids is 1. The number of benzene rings is 2. The van der Waals surface area contributed by atoms with E-state index >= 15 is 0 Å². The maximum atomic E-state index is 13.0. The highest BCUT2D eigenvalue weighted by molar-refractivity contribution is 7.89. The molecule has 2 aromatic carbocycles. The molecular formula is C26H31N5O7S. The summed E-state index contributed by atoms with van der Waals surface area (Å²) >= 11 is 0. The zero-order valence-electron chi connectivity index (χ0n) is 21.1. The van der Waals surface area contributed by atoms with Crippen LogP contribution in [-0.4, -0.2) is 72.4 Å². The van der Waals surface area contributed by atoms with Crippen LogP contribution in [0.15, 0.2) is 59.5 Å². The van der Waals surface area contributed by atoms with Gasteiger partial charge in [-0.15, -0.1) is 0 Å². The number of Topliss-reactive ketones (excluding diaryl/α,β-unsaturated/α-hetero) is 1. The summed E-state index contributed by atoms with van der Waals surface area (Å²) in [6, 6.07) is 11.6. The van der Waals surface area contributed by atoms with Crippen molar-refractivity contribution in [3.8, 4) is 0 Å². The lowest BCUT2D eigenvalue weighted by Crippen LogP contribution is -2.51. The molecule has 2 atom stereocenters. The number of hydrogen-bond donors (Lipinski definition) is 5.